The third-order valence-electron chi connectivity index (χ3n) is 3.29. The molecule has 18 heavy (non-hydrogen) atoms. The molecule has 1 amide bonds. The summed E-state index contributed by atoms with van der Waals surface area (Å²) in [7, 11) is -3.15. The molecule has 1 saturated heterocycles. The molecule has 0 spiro atoms. The molecule has 1 atom stereocenters. The molecule has 1 aromatic rings. The standard InChI is InChI=1S/C13H17NO3S/c1-10-7-8-14(13(10)15)9-11-3-5-12(6-4-11)18(2,16)17/h3-6,10H,7-9H2,1-2H3/t10-/m0/s1. The first kappa shape index (κ1) is 13.1. The van der Waals surface area contributed by atoms with Crippen LogP contribution >= 0.6 is 0 Å². The molecule has 1 fully saturated rings. The molecule has 0 aromatic heterocycles. The third kappa shape index (κ3) is 2.72. The highest BCUT2D eigenvalue weighted by molar-refractivity contribution is 7.90. The van der Waals surface area contributed by atoms with Gasteiger partial charge in [-0.2, -0.15) is 0 Å². The molecule has 0 radical (unpaired) electrons. The van der Waals surface area contributed by atoms with E-state index in [0.29, 0.717) is 11.4 Å². The van der Waals surface area contributed by atoms with Crippen molar-refractivity contribution in [3.63, 3.8) is 0 Å². The van der Waals surface area contributed by atoms with Crippen LogP contribution in [0.5, 0.6) is 0 Å². The van der Waals surface area contributed by atoms with Crippen molar-refractivity contribution in [2.75, 3.05) is 12.8 Å². The summed E-state index contributed by atoms with van der Waals surface area (Å²) in [6.07, 6.45) is 2.09. The van der Waals surface area contributed by atoms with Crippen LogP contribution in [0.3, 0.4) is 0 Å². The Labute approximate surface area is 108 Å². The average Bonchev–Trinajstić information content (AvgIpc) is 2.61. The second-order valence-electron chi connectivity index (χ2n) is 4.87. The Bertz CT molecular complexity index is 548. The average molecular weight is 267 g/mol. The number of hydrogen-bond acceptors (Lipinski definition) is 3. The molecular formula is C13H17NO3S. The van der Waals surface area contributed by atoms with Crippen molar-refractivity contribution in [2.24, 2.45) is 5.92 Å². The fourth-order valence-electron chi connectivity index (χ4n) is 2.11. The zero-order chi connectivity index (χ0) is 13.3. The summed E-state index contributed by atoms with van der Waals surface area (Å²) in [4.78, 5) is 13.9. The third-order valence-corrected chi connectivity index (χ3v) is 4.42. The van der Waals surface area contributed by atoms with Crippen LogP contribution in [-0.4, -0.2) is 32.0 Å². The smallest absolute Gasteiger partial charge is 0.225 e. The minimum atomic E-state index is -3.15. The normalized spacial score (nSPS) is 20.4. The minimum Gasteiger partial charge on any atom is -0.338 e. The molecule has 5 heteroatoms. The number of hydrogen-bond donors (Lipinski definition) is 0. The lowest BCUT2D eigenvalue weighted by Gasteiger charge is -2.16. The first-order chi connectivity index (χ1) is 8.38. The highest BCUT2D eigenvalue weighted by Crippen LogP contribution is 2.20. The molecule has 0 unspecified atom stereocenters. The number of carbonyl (C=O) groups excluding carboxylic acids is 1. The molecule has 2 rings (SSSR count). The number of nitrogens with zero attached hydrogens (tertiary/aromatic N) is 1. The van der Waals surface area contributed by atoms with Crippen LogP contribution < -0.4 is 0 Å². The molecular weight excluding hydrogens is 250 g/mol. The summed E-state index contributed by atoms with van der Waals surface area (Å²) < 4.78 is 22.6. The van der Waals surface area contributed by atoms with E-state index >= 15 is 0 Å². The van der Waals surface area contributed by atoms with Crippen molar-refractivity contribution in [2.45, 2.75) is 24.8 Å². The van der Waals surface area contributed by atoms with Gasteiger partial charge in [-0.25, -0.2) is 8.42 Å². The van der Waals surface area contributed by atoms with Crippen molar-refractivity contribution in [3.8, 4) is 0 Å². The van der Waals surface area contributed by atoms with Gasteiger partial charge in [0.25, 0.3) is 0 Å². The van der Waals surface area contributed by atoms with E-state index in [0.717, 1.165) is 18.5 Å². The Kier molecular flexibility index (Phi) is 3.43. The van der Waals surface area contributed by atoms with Crippen molar-refractivity contribution >= 4 is 15.7 Å². The van der Waals surface area contributed by atoms with E-state index in [2.05, 4.69) is 0 Å². The molecule has 1 aliphatic rings. The number of amides is 1. The SMILES string of the molecule is C[C@H]1CCN(Cc2ccc(S(C)(=O)=O)cc2)C1=O. The first-order valence-electron chi connectivity index (χ1n) is 5.96. The van der Waals surface area contributed by atoms with E-state index in [9.17, 15) is 13.2 Å². The zero-order valence-electron chi connectivity index (χ0n) is 10.6. The molecule has 0 saturated carbocycles. The lowest BCUT2D eigenvalue weighted by atomic mass is 10.1. The van der Waals surface area contributed by atoms with Gasteiger partial charge in [0.1, 0.15) is 0 Å². The number of rotatable bonds is 3. The summed E-state index contributed by atoms with van der Waals surface area (Å²) in [5, 5.41) is 0. The Morgan fingerprint density at radius 3 is 2.33 bits per heavy atom. The lowest BCUT2D eigenvalue weighted by Crippen LogP contribution is -2.26. The lowest BCUT2D eigenvalue weighted by molar-refractivity contribution is -0.131. The molecule has 1 heterocycles. The number of likely N-dealkylation sites (tertiary alicyclic amines) is 1. The fraction of sp³-hybridized carbons (Fsp3) is 0.462. The van der Waals surface area contributed by atoms with E-state index in [1.165, 1.54) is 6.26 Å². The molecule has 0 aliphatic carbocycles. The van der Waals surface area contributed by atoms with Crippen LogP contribution in [0.2, 0.25) is 0 Å². The maximum atomic E-state index is 11.8. The van der Waals surface area contributed by atoms with E-state index in [1.54, 1.807) is 24.3 Å². The highest BCUT2D eigenvalue weighted by atomic mass is 32.2. The Balaban J connectivity index is 2.10. The van der Waals surface area contributed by atoms with Gasteiger partial charge in [-0.15, -0.1) is 0 Å². The van der Waals surface area contributed by atoms with Gasteiger partial charge in [0, 0.05) is 25.3 Å². The first-order valence-corrected chi connectivity index (χ1v) is 7.85. The summed E-state index contributed by atoms with van der Waals surface area (Å²) in [5.74, 6) is 0.294. The summed E-state index contributed by atoms with van der Waals surface area (Å²) in [6, 6.07) is 6.72. The highest BCUT2D eigenvalue weighted by Gasteiger charge is 2.27. The zero-order valence-corrected chi connectivity index (χ0v) is 11.4. The van der Waals surface area contributed by atoms with E-state index < -0.39 is 9.84 Å². The van der Waals surface area contributed by atoms with Crippen molar-refractivity contribution < 1.29 is 13.2 Å². The molecule has 0 N–H and O–H groups in total. The molecule has 0 bridgehead atoms. The summed E-state index contributed by atoms with van der Waals surface area (Å²) >= 11 is 0. The van der Waals surface area contributed by atoms with Gasteiger partial charge < -0.3 is 4.90 Å². The van der Waals surface area contributed by atoms with Gasteiger partial charge in [0.2, 0.25) is 5.91 Å². The minimum absolute atomic E-state index is 0.111. The van der Waals surface area contributed by atoms with Crippen molar-refractivity contribution in [3.05, 3.63) is 29.8 Å². The molecule has 98 valence electrons. The summed E-state index contributed by atoms with van der Waals surface area (Å²) in [5.41, 5.74) is 0.963. The number of benzene rings is 1. The van der Waals surface area contributed by atoms with Crippen molar-refractivity contribution in [1.29, 1.82) is 0 Å². The number of sulfone groups is 1. The topological polar surface area (TPSA) is 54.5 Å². The predicted molar refractivity (Wildman–Crippen MR) is 68.7 cm³/mol. The number of carbonyl (C=O) groups is 1. The second kappa shape index (κ2) is 4.72. The largest absolute Gasteiger partial charge is 0.338 e. The van der Waals surface area contributed by atoms with Gasteiger partial charge in [-0.3, -0.25) is 4.79 Å². The maximum absolute atomic E-state index is 11.8. The monoisotopic (exact) mass is 267 g/mol. The summed E-state index contributed by atoms with van der Waals surface area (Å²) in [6.45, 7) is 3.29. The van der Waals surface area contributed by atoms with Crippen LogP contribution in [0, 0.1) is 5.92 Å². The Hall–Kier alpha value is -1.36. The van der Waals surface area contributed by atoms with Gasteiger partial charge in [-0.05, 0) is 24.1 Å². The van der Waals surface area contributed by atoms with Gasteiger partial charge in [0.05, 0.1) is 4.90 Å². The van der Waals surface area contributed by atoms with Gasteiger partial charge in [-0.1, -0.05) is 19.1 Å². The predicted octanol–water partition coefficient (Wildman–Crippen LogP) is 1.46. The van der Waals surface area contributed by atoms with E-state index in [1.807, 2.05) is 11.8 Å². The second-order valence-corrected chi connectivity index (χ2v) is 6.88. The van der Waals surface area contributed by atoms with Crippen LogP contribution in [0.25, 0.3) is 0 Å². The van der Waals surface area contributed by atoms with E-state index in [-0.39, 0.29) is 11.8 Å². The Morgan fingerprint density at radius 2 is 1.89 bits per heavy atom. The maximum Gasteiger partial charge on any atom is 0.225 e. The molecule has 4 nitrogen and oxygen atoms in total. The van der Waals surface area contributed by atoms with Crippen LogP contribution in [0.4, 0.5) is 0 Å². The van der Waals surface area contributed by atoms with Crippen LogP contribution in [-0.2, 0) is 21.2 Å². The van der Waals surface area contributed by atoms with Gasteiger partial charge >= 0.3 is 0 Å². The Morgan fingerprint density at radius 1 is 1.28 bits per heavy atom. The van der Waals surface area contributed by atoms with Crippen LogP contribution in [0.15, 0.2) is 29.2 Å². The van der Waals surface area contributed by atoms with Crippen molar-refractivity contribution in [1.82, 2.24) is 4.90 Å². The quantitative estimate of drug-likeness (QED) is 0.833. The van der Waals surface area contributed by atoms with Gasteiger partial charge in [0.15, 0.2) is 9.84 Å². The molecule has 1 aromatic carbocycles. The fourth-order valence-corrected chi connectivity index (χ4v) is 2.74. The molecule has 1 aliphatic heterocycles. The van der Waals surface area contributed by atoms with Crippen LogP contribution in [0.1, 0.15) is 18.9 Å². The van der Waals surface area contributed by atoms with E-state index in [4.69, 9.17) is 0 Å².